The van der Waals surface area contributed by atoms with Crippen LogP contribution < -0.4 is 15.4 Å². The van der Waals surface area contributed by atoms with Crippen molar-refractivity contribution in [3.63, 3.8) is 0 Å². The van der Waals surface area contributed by atoms with Crippen LogP contribution in [0.3, 0.4) is 0 Å². The Labute approximate surface area is 151 Å². The number of ether oxygens (including phenoxy) is 1. The minimum atomic E-state index is -0.552. The van der Waals surface area contributed by atoms with Crippen LogP contribution in [0, 0.1) is 0 Å². The van der Waals surface area contributed by atoms with Crippen molar-refractivity contribution in [1.82, 2.24) is 10.6 Å². The van der Waals surface area contributed by atoms with Gasteiger partial charge in [0.15, 0.2) is 12.9 Å². The maximum atomic E-state index is 11.9. The van der Waals surface area contributed by atoms with E-state index in [0.717, 1.165) is 36.5 Å². The molecule has 136 valence electrons. The lowest BCUT2D eigenvalue weighted by molar-refractivity contribution is -0.122. The summed E-state index contributed by atoms with van der Waals surface area (Å²) in [6.45, 7) is -0.336. The zero-order valence-corrected chi connectivity index (χ0v) is 14.5. The molecule has 0 radical (unpaired) electrons. The van der Waals surface area contributed by atoms with Crippen LogP contribution in [0.15, 0.2) is 36.4 Å². The minimum absolute atomic E-state index is 0.125. The molecule has 1 aliphatic carbocycles. The summed E-state index contributed by atoms with van der Waals surface area (Å²) in [5.74, 6) is -0.232. The van der Waals surface area contributed by atoms with E-state index in [1.165, 1.54) is 6.42 Å². The van der Waals surface area contributed by atoms with Gasteiger partial charge in [-0.15, -0.1) is 0 Å². The summed E-state index contributed by atoms with van der Waals surface area (Å²) < 4.78 is 5.47. The highest BCUT2D eigenvalue weighted by atomic mass is 16.5. The van der Waals surface area contributed by atoms with Crippen LogP contribution in [0.5, 0.6) is 5.75 Å². The molecule has 0 aromatic heterocycles. The van der Waals surface area contributed by atoms with E-state index in [4.69, 9.17) is 4.74 Å². The van der Waals surface area contributed by atoms with Gasteiger partial charge in [0.1, 0.15) is 5.75 Å². The second-order valence-corrected chi connectivity index (χ2v) is 6.46. The summed E-state index contributed by atoms with van der Waals surface area (Å²) in [6, 6.07) is 10.5. The Balaban J connectivity index is 1.56. The lowest BCUT2D eigenvalue weighted by Crippen LogP contribution is -2.46. The van der Waals surface area contributed by atoms with Gasteiger partial charge in [-0.3, -0.25) is 14.9 Å². The highest BCUT2D eigenvalue weighted by molar-refractivity contribution is 6.01. The van der Waals surface area contributed by atoms with Gasteiger partial charge in [-0.05, 0) is 29.7 Å². The van der Waals surface area contributed by atoms with Crippen molar-refractivity contribution < 1.29 is 19.1 Å². The van der Waals surface area contributed by atoms with Gasteiger partial charge in [0.2, 0.25) is 0 Å². The molecule has 6 heteroatoms. The van der Waals surface area contributed by atoms with Crippen molar-refractivity contribution in [3.05, 3.63) is 42.0 Å². The van der Waals surface area contributed by atoms with Gasteiger partial charge in [-0.1, -0.05) is 49.6 Å². The Morgan fingerprint density at radius 1 is 1.08 bits per heavy atom. The van der Waals surface area contributed by atoms with Crippen molar-refractivity contribution in [2.24, 2.45) is 0 Å². The van der Waals surface area contributed by atoms with Crippen LogP contribution in [0.1, 0.15) is 42.5 Å². The van der Waals surface area contributed by atoms with Crippen LogP contribution in [0.2, 0.25) is 0 Å². The Morgan fingerprint density at radius 3 is 2.62 bits per heavy atom. The molecular weight excluding hydrogens is 332 g/mol. The number of nitrogens with one attached hydrogen (secondary N) is 2. The fraction of sp³-hybridized carbons (Fsp3) is 0.350. The molecule has 2 aromatic carbocycles. The Bertz CT molecular complexity index is 813. The Hall–Kier alpha value is -2.89. The Morgan fingerprint density at radius 2 is 1.85 bits per heavy atom. The molecule has 0 unspecified atom stereocenters. The van der Waals surface area contributed by atoms with Crippen LogP contribution in [0.25, 0.3) is 10.8 Å². The molecule has 0 spiro atoms. The molecular formula is C20H22N2O4. The highest BCUT2D eigenvalue weighted by Crippen LogP contribution is 2.26. The van der Waals surface area contributed by atoms with Crippen molar-refractivity contribution >= 4 is 29.0 Å². The highest BCUT2D eigenvalue weighted by Gasteiger charge is 2.17. The fourth-order valence-electron chi connectivity index (χ4n) is 3.30. The molecule has 2 N–H and O–H groups in total. The Kier molecular flexibility index (Phi) is 5.84. The first kappa shape index (κ1) is 17.9. The molecule has 1 fully saturated rings. The zero-order chi connectivity index (χ0) is 18.4. The molecule has 0 saturated heterocycles. The molecule has 0 aliphatic heterocycles. The molecule has 0 heterocycles. The lowest BCUT2D eigenvalue weighted by Gasteiger charge is -2.22. The molecule has 2 aromatic rings. The van der Waals surface area contributed by atoms with E-state index < -0.39 is 11.9 Å². The number of carbonyl (C=O) groups is 3. The molecule has 0 bridgehead atoms. The molecule has 3 amide bonds. The number of amides is 3. The zero-order valence-electron chi connectivity index (χ0n) is 14.5. The number of hydrogen-bond donors (Lipinski definition) is 2. The number of aldehydes is 1. The van der Waals surface area contributed by atoms with Crippen LogP contribution in [-0.4, -0.2) is 30.9 Å². The molecule has 0 atom stereocenters. The van der Waals surface area contributed by atoms with Gasteiger partial charge >= 0.3 is 6.03 Å². The normalized spacial score (nSPS) is 14.6. The minimum Gasteiger partial charge on any atom is -0.483 e. The van der Waals surface area contributed by atoms with Crippen molar-refractivity contribution in [2.75, 3.05) is 6.61 Å². The van der Waals surface area contributed by atoms with Crippen LogP contribution >= 0.6 is 0 Å². The van der Waals surface area contributed by atoms with E-state index in [1.54, 1.807) is 6.07 Å². The standard InChI is InChI=1S/C20H22N2O4/c23-12-17-16-9-5-4-6-14(16)10-11-18(17)26-13-19(24)22-20(25)21-15-7-2-1-3-8-15/h4-6,9-12,15H,1-3,7-8,13H2,(H2,21,22,24,25). The maximum absolute atomic E-state index is 11.9. The predicted molar refractivity (Wildman–Crippen MR) is 98.4 cm³/mol. The topological polar surface area (TPSA) is 84.5 Å². The number of benzene rings is 2. The smallest absolute Gasteiger partial charge is 0.321 e. The number of fused-ring (bicyclic) bond motifs is 1. The molecule has 1 aliphatic rings. The number of imide groups is 1. The van der Waals surface area contributed by atoms with Crippen molar-refractivity contribution in [1.29, 1.82) is 0 Å². The number of hydrogen-bond acceptors (Lipinski definition) is 4. The largest absolute Gasteiger partial charge is 0.483 e. The van der Waals surface area contributed by atoms with Gasteiger partial charge in [0.05, 0.1) is 5.56 Å². The first-order valence-corrected chi connectivity index (χ1v) is 8.87. The molecule has 26 heavy (non-hydrogen) atoms. The summed E-state index contributed by atoms with van der Waals surface area (Å²) >= 11 is 0. The SMILES string of the molecule is O=Cc1c(OCC(=O)NC(=O)NC2CCCCC2)ccc2ccccc12. The van der Waals surface area contributed by atoms with E-state index in [2.05, 4.69) is 10.6 Å². The van der Waals surface area contributed by atoms with Crippen LogP contribution in [-0.2, 0) is 4.79 Å². The number of rotatable bonds is 5. The van der Waals surface area contributed by atoms with Crippen molar-refractivity contribution in [3.8, 4) is 5.75 Å². The quantitative estimate of drug-likeness (QED) is 0.808. The summed E-state index contributed by atoms with van der Waals surface area (Å²) in [6.07, 6.45) is 5.98. The molecule has 3 rings (SSSR count). The van der Waals surface area contributed by atoms with E-state index in [-0.39, 0.29) is 12.6 Å². The van der Waals surface area contributed by atoms with Gasteiger partial charge in [0, 0.05) is 6.04 Å². The maximum Gasteiger partial charge on any atom is 0.321 e. The first-order chi connectivity index (χ1) is 12.7. The van der Waals surface area contributed by atoms with Crippen molar-refractivity contribution in [2.45, 2.75) is 38.1 Å². The average molecular weight is 354 g/mol. The third-order valence-electron chi connectivity index (χ3n) is 4.60. The van der Waals surface area contributed by atoms with Gasteiger partial charge in [-0.25, -0.2) is 4.79 Å². The van der Waals surface area contributed by atoms with E-state index in [0.29, 0.717) is 17.6 Å². The number of urea groups is 1. The predicted octanol–water partition coefficient (Wildman–Crippen LogP) is 3.19. The summed E-state index contributed by atoms with van der Waals surface area (Å²) in [5, 5.41) is 6.76. The second-order valence-electron chi connectivity index (χ2n) is 6.46. The van der Waals surface area contributed by atoms with E-state index in [1.807, 2.05) is 30.3 Å². The monoisotopic (exact) mass is 354 g/mol. The summed E-state index contributed by atoms with van der Waals surface area (Å²) in [5.41, 5.74) is 0.391. The second kappa shape index (κ2) is 8.47. The van der Waals surface area contributed by atoms with Gasteiger partial charge < -0.3 is 10.1 Å². The van der Waals surface area contributed by atoms with Crippen LogP contribution in [0.4, 0.5) is 4.79 Å². The lowest BCUT2D eigenvalue weighted by atomic mass is 9.96. The third kappa shape index (κ3) is 4.39. The molecule has 1 saturated carbocycles. The van der Waals surface area contributed by atoms with Gasteiger partial charge in [-0.2, -0.15) is 0 Å². The van der Waals surface area contributed by atoms with E-state index >= 15 is 0 Å². The molecule has 6 nitrogen and oxygen atoms in total. The van der Waals surface area contributed by atoms with E-state index in [9.17, 15) is 14.4 Å². The first-order valence-electron chi connectivity index (χ1n) is 8.87. The number of carbonyl (C=O) groups excluding carboxylic acids is 3. The average Bonchev–Trinajstić information content (AvgIpc) is 2.66. The summed E-state index contributed by atoms with van der Waals surface area (Å²) in [7, 11) is 0. The summed E-state index contributed by atoms with van der Waals surface area (Å²) in [4.78, 5) is 35.3. The fourth-order valence-corrected chi connectivity index (χ4v) is 3.30. The van der Waals surface area contributed by atoms with Gasteiger partial charge in [0.25, 0.3) is 5.91 Å². The third-order valence-corrected chi connectivity index (χ3v) is 4.60.